The summed E-state index contributed by atoms with van der Waals surface area (Å²) in [6.45, 7) is 9.80. The number of rotatable bonds is 7. The molecular weight excluding hydrogens is 240 g/mol. The summed E-state index contributed by atoms with van der Waals surface area (Å²) in [5.74, 6) is 1.29. The lowest BCUT2D eigenvalue weighted by Gasteiger charge is -2.32. The predicted octanol–water partition coefficient (Wildman–Crippen LogP) is 2.33. The summed E-state index contributed by atoms with van der Waals surface area (Å²) in [6, 6.07) is 0. The smallest absolute Gasteiger partial charge is 0.225 e. The maximum atomic E-state index is 5.85. The molecule has 0 fully saturated rings. The highest BCUT2D eigenvalue weighted by atomic mass is 16.5. The molecular formula is C14H26N4O. The Hall–Kier alpha value is -1.36. The summed E-state index contributed by atoms with van der Waals surface area (Å²) < 4.78 is 5.85. The van der Waals surface area contributed by atoms with Gasteiger partial charge < -0.3 is 15.0 Å². The van der Waals surface area contributed by atoms with Crippen molar-refractivity contribution in [3.05, 3.63) is 11.8 Å². The minimum Gasteiger partial charge on any atom is -0.475 e. The molecule has 0 spiro atoms. The lowest BCUT2D eigenvalue weighted by Crippen LogP contribution is -2.43. The van der Waals surface area contributed by atoms with Gasteiger partial charge in [-0.05, 0) is 41.3 Å². The van der Waals surface area contributed by atoms with Crippen molar-refractivity contribution in [1.29, 1.82) is 0 Å². The van der Waals surface area contributed by atoms with Gasteiger partial charge in [0.1, 0.15) is 6.61 Å². The number of hydrogen-bond acceptors (Lipinski definition) is 5. The van der Waals surface area contributed by atoms with Crippen LogP contribution in [0.3, 0.4) is 0 Å². The molecule has 0 aliphatic heterocycles. The highest BCUT2D eigenvalue weighted by Crippen LogP contribution is 2.18. The van der Waals surface area contributed by atoms with Gasteiger partial charge in [-0.15, -0.1) is 0 Å². The number of nitrogens with one attached hydrogen (secondary N) is 1. The van der Waals surface area contributed by atoms with E-state index in [1.807, 2.05) is 21.0 Å². The van der Waals surface area contributed by atoms with Gasteiger partial charge >= 0.3 is 0 Å². The van der Waals surface area contributed by atoms with Crippen LogP contribution in [0.4, 0.5) is 5.95 Å². The molecule has 108 valence electrons. The van der Waals surface area contributed by atoms with Crippen LogP contribution in [0, 0.1) is 6.92 Å². The monoisotopic (exact) mass is 266 g/mol. The fourth-order valence-corrected chi connectivity index (χ4v) is 1.27. The number of aromatic nitrogens is 2. The lowest BCUT2D eigenvalue weighted by atomic mass is 10.1. The van der Waals surface area contributed by atoms with Crippen LogP contribution in [0.25, 0.3) is 0 Å². The minimum atomic E-state index is -0.0333. The SMILES string of the molecule is CCCNc1ncc(C)c(OCC(C)(C)N(C)C)n1. The molecule has 0 amide bonds. The fraction of sp³-hybridized carbons (Fsp3) is 0.714. The van der Waals surface area contributed by atoms with Crippen LogP contribution in [-0.4, -0.2) is 47.7 Å². The first-order valence-electron chi connectivity index (χ1n) is 6.74. The van der Waals surface area contributed by atoms with Crippen LogP contribution in [0.2, 0.25) is 0 Å². The molecule has 1 rings (SSSR count). The van der Waals surface area contributed by atoms with E-state index in [0.717, 1.165) is 18.5 Å². The van der Waals surface area contributed by atoms with Crippen molar-refractivity contribution < 1.29 is 4.74 Å². The van der Waals surface area contributed by atoms with E-state index in [1.165, 1.54) is 0 Å². The van der Waals surface area contributed by atoms with E-state index in [-0.39, 0.29) is 5.54 Å². The van der Waals surface area contributed by atoms with E-state index >= 15 is 0 Å². The van der Waals surface area contributed by atoms with Crippen molar-refractivity contribution in [3.8, 4) is 5.88 Å². The standard InChI is InChI=1S/C14H26N4O/c1-7-8-15-13-16-9-11(2)12(17-13)19-10-14(3,4)18(5)6/h9H,7-8,10H2,1-6H3,(H,15,16,17). The lowest BCUT2D eigenvalue weighted by molar-refractivity contribution is 0.110. The Balaban J connectivity index is 2.71. The van der Waals surface area contributed by atoms with Gasteiger partial charge in [0.2, 0.25) is 11.8 Å². The highest BCUT2D eigenvalue weighted by molar-refractivity contribution is 5.32. The normalized spacial score (nSPS) is 11.7. The Kier molecular flexibility index (Phi) is 5.54. The number of likely N-dealkylation sites (N-methyl/N-ethyl adjacent to an activating group) is 1. The molecule has 5 nitrogen and oxygen atoms in total. The predicted molar refractivity (Wildman–Crippen MR) is 78.8 cm³/mol. The maximum absolute atomic E-state index is 5.85. The number of nitrogens with zero attached hydrogens (tertiary/aromatic N) is 3. The third kappa shape index (κ3) is 4.67. The summed E-state index contributed by atoms with van der Waals surface area (Å²) in [5.41, 5.74) is 0.922. The second kappa shape index (κ2) is 6.70. The second-order valence-corrected chi connectivity index (χ2v) is 5.60. The molecule has 1 aromatic heterocycles. The van der Waals surface area contributed by atoms with Crippen LogP contribution < -0.4 is 10.1 Å². The van der Waals surface area contributed by atoms with Gasteiger partial charge in [-0.25, -0.2) is 4.98 Å². The summed E-state index contributed by atoms with van der Waals surface area (Å²) in [7, 11) is 4.09. The first-order chi connectivity index (χ1) is 8.86. The molecule has 1 N–H and O–H groups in total. The zero-order valence-electron chi connectivity index (χ0n) is 12.9. The molecule has 0 bridgehead atoms. The van der Waals surface area contributed by atoms with Crippen molar-refractivity contribution in [1.82, 2.24) is 14.9 Å². The Bertz CT molecular complexity index is 404. The molecule has 19 heavy (non-hydrogen) atoms. The second-order valence-electron chi connectivity index (χ2n) is 5.60. The van der Waals surface area contributed by atoms with Gasteiger partial charge in [0, 0.05) is 23.8 Å². The summed E-state index contributed by atoms with van der Waals surface area (Å²) in [5, 5.41) is 3.17. The fourth-order valence-electron chi connectivity index (χ4n) is 1.27. The summed E-state index contributed by atoms with van der Waals surface area (Å²) in [4.78, 5) is 10.8. The molecule has 0 aromatic carbocycles. The number of aryl methyl sites for hydroxylation is 1. The number of anilines is 1. The molecule has 0 atom stereocenters. The topological polar surface area (TPSA) is 50.3 Å². The van der Waals surface area contributed by atoms with Crippen LogP contribution in [0.1, 0.15) is 32.8 Å². The molecule has 0 unspecified atom stereocenters. The quantitative estimate of drug-likeness (QED) is 0.821. The molecule has 0 saturated heterocycles. The Labute approximate surface area is 116 Å². The Morgan fingerprint density at radius 2 is 2.05 bits per heavy atom. The van der Waals surface area contributed by atoms with Crippen molar-refractivity contribution in [2.24, 2.45) is 0 Å². The minimum absolute atomic E-state index is 0.0333. The van der Waals surface area contributed by atoms with E-state index < -0.39 is 0 Å². The molecule has 1 heterocycles. The van der Waals surface area contributed by atoms with E-state index in [2.05, 4.69) is 41.0 Å². The Morgan fingerprint density at radius 1 is 1.37 bits per heavy atom. The first-order valence-corrected chi connectivity index (χ1v) is 6.74. The van der Waals surface area contributed by atoms with E-state index in [9.17, 15) is 0 Å². The van der Waals surface area contributed by atoms with Crippen molar-refractivity contribution >= 4 is 5.95 Å². The van der Waals surface area contributed by atoms with E-state index in [0.29, 0.717) is 18.4 Å². The molecule has 0 saturated carbocycles. The van der Waals surface area contributed by atoms with Gasteiger partial charge in [0.05, 0.1) is 0 Å². The van der Waals surface area contributed by atoms with Gasteiger partial charge in [0.25, 0.3) is 0 Å². The average molecular weight is 266 g/mol. The molecule has 0 aliphatic rings. The van der Waals surface area contributed by atoms with Crippen LogP contribution in [0.5, 0.6) is 5.88 Å². The van der Waals surface area contributed by atoms with Gasteiger partial charge in [0.15, 0.2) is 0 Å². The molecule has 0 radical (unpaired) electrons. The molecule has 0 aliphatic carbocycles. The van der Waals surface area contributed by atoms with E-state index in [4.69, 9.17) is 4.74 Å². The van der Waals surface area contributed by atoms with Crippen molar-refractivity contribution in [2.75, 3.05) is 32.6 Å². The molecule has 1 aromatic rings. The largest absolute Gasteiger partial charge is 0.475 e. The third-order valence-electron chi connectivity index (χ3n) is 3.23. The third-order valence-corrected chi connectivity index (χ3v) is 3.23. The summed E-state index contributed by atoms with van der Waals surface area (Å²) in [6.07, 6.45) is 2.84. The summed E-state index contributed by atoms with van der Waals surface area (Å²) >= 11 is 0. The zero-order valence-corrected chi connectivity index (χ0v) is 12.9. The van der Waals surface area contributed by atoms with E-state index in [1.54, 1.807) is 6.20 Å². The van der Waals surface area contributed by atoms with Crippen LogP contribution >= 0.6 is 0 Å². The van der Waals surface area contributed by atoms with Crippen LogP contribution in [0.15, 0.2) is 6.20 Å². The van der Waals surface area contributed by atoms with Gasteiger partial charge in [-0.3, -0.25) is 0 Å². The van der Waals surface area contributed by atoms with Gasteiger partial charge in [-0.2, -0.15) is 4.98 Å². The molecule has 5 heteroatoms. The van der Waals surface area contributed by atoms with Gasteiger partial charge in [-0.1, -0.05) is 6.92 Å². The van der Waals surface area contributed by atoms with Crippen LogP contribution in [-0.2, 0) is 0 Å². The maximum Gasteiger partial charge on any atom is 0.225 e. The van der Waals surface area contributed by atoms with Crippen molar-refractivity contribution in [3.63, 3.8) is 0 Å². The highest BCUT2D eigenvalue weighted by Gasteiger charge is 2.22. The Morgan fingerprint density at radius 3 is 2.63 bits per heavy atom. The first kappa shape index (κ1) is 15.7. The average Bonchev–Trinajstić information content (AvgIpc) is 2.36. The number of ether oxygens (including phenoxy) is 1. The zero-order chi connectivity index (χ0) is 14.5. The number of hydrogen-bond donors (Lipinski definition) is 1. The van der Waals surface area contributed by atoms with Crippen molar-refractivity contribution in [2.45, 2.75) is 39.7 Å².